The van der Waals surface area contributed by atoms with Crippen molar-refractivity contribution >= 4 is 5.91 Å². The number of likely N-dealkylation sites (tertiary alicyclic amines) is 1. The van der Waals surface area contributed by atoms with Crippen molar-refractivity contribution in [1.82, 2.24) is 24.6 Å². The van der Waals surface area contributed by atoms with Gasteiger partial charge >= 0.3 is 0 Å². The Morgan fingerprint density at radius 2 is 2.08 bits per heavy atom. The molecule has 1 N–H and O–H groups in total. The number of nitrogens with zero attached hydrogens (tertiary/aromatic N) is 5. The summed E-state index contributed by atoms with van der Waals surface area (Å²) in [7, 11) is 0. The number of aliphatic hydroxyl groups is 1. The molecule has 2 aliphatic rings. The summed E-state index contributed by atoms with van der Waals surface area (Å²) in [6.07, 6.45) is 4.51. The predicted molar refractivity (Wildman–Crippen MR) is 89.4 cm³/mol. The molecule has 1 amide bonds. The van der Waals surface area contributed by atoms with Crippen molar-refractivity contribution < 1.29 is 14.6 Å². The smallest absolute Gasteiger partial charge is 0.255 e. The molecule has 0 aromatic carbocycles. The second kappa shape index (κ2) is 6.91. The molecule has 25 heavy (non-hydrogen) atoms. The fourth-order valence-electron chi connectivity index (χ4n) is 3.44. The Morgan fingerprint density at radius 1 is 1.24 bits per heavy atom. The maximum Gasteiger partial charge on any atom is 0.255 e. The third-order valence-corrected chi connectivity index (χ3v) is 4.79. The van der Waals surface area contributed by atoms with E-state index in [1.165, 1.54) is 0 Å². The lowest BCUT2D eigenvalue weighted by Crippen LogP contribution is -2.49. The van der Waals surface area contributed by atoms with E-state index in [-0.39, 0.29) is 11.9 Å². The van der Waals surface area contributed by atoms with Crippen LogP contribution in [0.4, 0.5) is 0 Å². The van der Waals surface area contributed by atoms with Crippen LogP contribution in [-0.4, -0.2) is 87.1 Å². The van der Waals surface area contributed by atoms with Gasteiger partial charge in [0.2, 0.25) is 0 Å². The largest absolute Gasteiger partial charge is 0.390 e. The predicted octanol–water partition coefficient (Wildman–Crippen LogP) is -0.215. The highest BCUT2D eigenvalue weighted by Crippen LogP contribution is 2.20. The van der Waals surface area contributed by atoms with Crippen LogP contribution in [0, 0.1) is 0 Å². The first-order chi connectivity index (χ1) is 12.2. The van der Waals surface area contributed by atoms with Gasteiger partial charge in [-0.1, -0.05) is 0 Å². The van der Waals surface area contributed by atoms with E-state index in [4.69, 9.17) is 4.74 Å². The Labute approximate surface area is 145 Å². The number of carbonyl (C=O) groups excluding carboxylic acids is 1. The van der Waals surface area contributed by atoms with Gasteiger partial charge in [-0.2, -0.15) is 5.10 Å². The van der Waals surface area contributed by atoms with Crippen LogP contribution in [0.25, 0.3) is 5.82 Å². The number of pyridine rings is 1. The van der Waals surface area contributed by atoms with Crippen molar-refractivity contribution in [3.63, 3.8) is 0 Å². The van der Waals surface area contributed by atoms with Crippen LogP contribution in [0.2, 0.25) is 0 Å². The van der Waals surface area contributed by atoms with Crippen molar-refractivity contribution in [2.24, 2.45) is 0 Å². The minimum Gasteiger partial charge on any atom is -0.390 e. The number of ether oxygens (including phenoxy) is 1. The summed E-state index contributed by atoms with van der Waals surface area (Å²) in [5.41, 5.74) is 0.519. The number of rotatable bonds is 3. The van der Waals surface area contributed by atoms with E-state index in [1.54, 1.807) is 40.3 Å². The minimum absolute atomic E-state index is 0.0239. The van der Waals surface area contributed by atoms with Crippen LogP contribution in [0.15, 0.2) is 36.8 Å². The van der Waals surface area contributed by atoms with Gasteiger partial charge in [0.15, 0.2) is 5.82 Å². The topological polar surface area (TPSA) is 83.7 Å². The van der Waals surface area contributed by atoms with E-state index in [0.717, 1.165) is 13.1 Å². The van der Waals surface area contributed by atoms with Gasteiger partial charge in [-0.25, -0.2) is 9.67 Å². The van der Waals surface area contributed by atoms with Crippen LogP contribution in [0.5, 0.6) is 0 Å². The zero-order chi connectivity index (χ0) is 17.2. The van der Waals surface area contributed by atoms with Gasteiger partial charge in [0, 0.05) is 44.8 Å². The Morgan fingerprint density at radius 3 is 2.76 bits per heavy atom. The van der Waals surface area contributed by atoms with Crippen LogP contribution in [0.3, 0.4) is 0 Å². The molecule has 0 saturated carbocycles. The molecule has 2 atom stereocenters. The van der Waals surface area contributed by atoms with Crippen molar-refractivity contribution in [2.75, 3.05) is 39.4 Å². The van der Waals surface area contributed by atoms with E-state index >= 15 is 0 Å². The van der Waals surface area contributed by atoms with Gasteiger partial charge in [-0.15, -0.1) is 0 Å². The SMILES string of the molecule is O=C(c1ccc(-n2cccn2)nc1)N1C[C@@H](O)[C@H](N2CCOCC2)C1. The van der Waals surface area contributed by atoms with E-state index in [2.05, 4.69) is 15.0 Å². The van der Waals surface area contributed by atoms with E-state index < -0.39 is 6.10 Å². The van der Waals surface area contributed by atoms with Crippen molar-refractivity contribution in [2.45, 2.75) is 12.1 Å². The molecule has 2 fully saturated rings. The highest BCUT2D eigenvalue weighted by atomic mass is 16.5. The number of β-amino-alcohol motifs (C(OH)–C–C–N with tert-alkyl or cyclic N) is 1. The zero-order valence-electron chi connectivity index (χ0n) is 13.9. The molecule has 4 heterocycles. The second-order valence-corrected chi connectivity index (χ2v) is 6.35. The number of hydrogen-bond acceptors (Lipinski definition) is 6. The average molecular weight is 343 g/mol. The number of morpholine rings is 1. The summed E-state index contributed by atoms with van der Waals surface area (Å²) in [6.45, 7) is 3.82. The van der Waals surface area contributed by atoms with Crippen LogP contribution in [0.1, 0.15) is 10.4 Å². The van der Waals surface area contributed by atoms with Gasteiger partial charge in [0.25, 0.3) is 5.91 Å². The summed E-state index contributed by atoms with van der Waals surface area (Å²) in [5, 5.41) is 14.5. The van der Waals surface area contributed by atoms with Gasteiger partial charge in [-0.3, -0.25) is 9.69 Å². The summed E-state index contributed by atoms with van der Waals surface area (Å²) in [4.78, 5) is 20.9. The maximum atomic E-state index is 12.7. The van der Waals surface area contributed by atoms with Gasteiger partial charge in [0.1, 0.15) is 0 Å². The first kappa shape index (κ1) is 16.2. The maximum absolute atomic E-state index is 12.7. The molecule has 0 radical (unpaired) electrons. The summed E-state index contributed by atoms with van der Waals surface area (Å²) in [5.74, 6) is 0.559. The highest BCUT2D eigenvalue weighted by molar-refractivity contribution is 5.94. The Balaban J connectivity index is 1.44. The second-order valence-electron chi connectivity index (χ2n) is 6.35. The first-order valence-electron chi connectivity index (χ1n) is 8.47. The van der Waals surface area contributed by atoms with E-state index in [0.29, 0.717) is 37.7 Å². The molecule has 0 spiro atoms. The summed E-state index contributed by atoms with van der Waals surface area (Å²) >= 11 is 0. The zero-order valence-corrected chi connectivity index (χ0v) is 13.9. The molecule has 4 rings (SSSR count). The first-order valence-corrected chi connectivity index (χ1v) is 8.47. The highest BCUT2D eigenvalue weighted by Gasteiger charge is 2.38. The molecule has 2 aromatic rings. The minimum atomic E-state index is -0.529. The Hall–Kier alpha value is -2.29. The monoisotopic (exact) mass is 343 g/mol. The van der Waals surface area contributed by atoms with E-state index in [1.807, 2.05) is 6.07 Å². The Bertz CT molecular complexity index is 712. The average Bonchev–Trinajstić information content (AvgIpc) is 3.32. The van der Waals surface area contributed by atoms with Gasteiger partial charge in [-0.05, 0) is 18.2 Å². The van der Waals surface area contributed by atoms with Gasteiger partial charge < -0.3 is 14.7 Å². The van der Waals surface area contributed by atoms with Crippen molar-refractivity contribution in [3.05, 3.63) is 42.4 Å². The summed E-state index contributed by atoms with van der Waals surface area (Å²) < 4.78 is 7.00. The van der Waals surface area contributed by atoms with Gasteiger partial charge in [0.05, 0.1) is 30.9 Å². The number of aromatic nitrogens is 3. The molecule has 132 valence electrons. The van der Waals surface area contributed by atoms with Crippen LogP contribution in [-0.2, 0) is 4.74 Å². The molecule has 8 nitrogen and oxygen atoms in total. The molecule has 2 aliphatic heterocycles. The molecular weight excluding hydrogens is 322 g/mol. The Kier molecular flexibility index (Phi) is 4.48. The van der Waals surface area contributed by atoms with Crippen LogP contribution >= 0.6 is 0 Å². The number of carbonyl (C=O) groups is 1. The molecule has 0 aliphatic carbocycles. The van der Waals surface area contributed by atoms with Crippen molar-refractivity contribution in [1.29, 1.82) is 0 Å². The van der Waals surface area contributed by atoms with Crippen LogP contribution < -0.4 is 0 Å². The van der Waals surface area contributed by atoms with Crippen molar-refractivity contribution in [3.8, 4) is 5.82 Å². The lowest BCUT2D eigenvalue weighted by molar-refractivity contribution is -0.00611. The molecule has 0 unspecified atom stereocenters. The molecule has 8 heteroatoms. The molecule has 2 aromatic heterocycles. The lowest BCUT2D eigenvalue weighted by atomic mass is 10.1. The fraction of sp³-hybridized carbons (Fsp3) is 0.471. The molecule has 0 bridgehead atoms. The lowest BCUT2D eigenvalue weighted by Gasteiger charge is -2.33. The molecular formula is C17H21N5O3. The third kappa shape index (κ3) is 3.28. The summed E-state index contributed by atoms with van der Waals surface area (Å²) in [6, 6.07) is 5.31. The standard InChI is InChI=1S/C17H21N5O3/c23-15-12-21(11-14(15)20-6-8-25-9-7-20)17(24)13-2-3-16(18-10-13)22-5-1-4-19-22/h1-5,10,14-15,23H,6-9,11-12H2/t14-,15-/m1/s1. The normalized spacial score (nSPS) is 24.6. The third-order valence-electron chi connectivity index (χ3n) is 4.79. The quantitative estimate of drug-likeness (QED) is 0.830. The number of amides is 1. The number of hydrogen-bond donors (Lipinski definition) is 1. The number of aliphatic hydroxyl groups excluding tert-OH is 1. The molecule has 2 saturated heterocycles. The van der Waals surface area contributed by atoms with E-state index in [9.17, 15) is 9.90 Å². The fourth-order valence-corrected chi connectivity index (χ4v) is 3.44.